The summed E-state index contributed by atoms with van der Waals surface area (Å²) in [6.07, 6.45) is 2.35. The number of nitrogens with zero attached hydrogens (tertiary/aromatic N) is 2. The number of hydrogen-bond acceptors (Lipinski definition) is 7. The fraction of sp³-hybridized carbons (Fsp3) is 0.353. The number of amides is 1. The van der Waals surface area contributed by atoms with Crippen molar-refractivity contribution >= 4 is 21.6 Å². The summed E-state index contributed by atoms with van der Waals surface area (Å²) in [6.45, 7) is 0.297. The van der Waals surface area contributed by atoms with Gasteiger partial charge in [-0.2, -0.15) is 4.31 Å². The van der Waals surface area contributed by atoms with Crippen LogP contribution in [-0.4, -0.2) is 43.2 Å². The fourth-order valence-corrected chi connectivity index (χ4v) is 4.78. The monoisotopic (exact) mass is 409 g/mol. The number of nitro groups is 1. The lowest BCUT2D eigenvalue weighted by Crippen LogP contribution is -2.45. The Balaban J connectivity index is 1.83. The second-order valence-electron chi connectivity index (χ2n) is 6.16. The maximum atomic E-state index is 13.0. The molecule has 150 valence electrons. The molecule has 2 aromatic rings. The van der Waals surface area contributed by atoms with Gasteiger partial charge in [-0.3, -0.25) is 14.9 Å². The summed E-state index contributed by atoms with van der Waals surface area (Å²) in [5.41, 5.74) is -0.457. The van der Waals surface area contributed by atoms with Crippen molar-refractivity contribution in [2.45, 2.75) is 30.3 Å². The summed E-state index contributed by atoms with van der Waals surface area (Å²) in [6, 6.07) is 5.90. The summed E-state index contributed by atoms with van der Waals surface area (Å²) >= 11 is 0. The average Bonchev–Trinajstić information content (AvgIpc) is 3.37. The van der Waals surface area contributed by atoms with Crippen LogP contribution < -0.4 is 10.1 Å². The van der Waals surface area contributed by atoms with E-state index in [-0.39, 0.29) is 23.7 Å². The third-order valence-electron chi connectivity index (χ3n) is 4.48. The summed E-state index contributed by atoms with van der Waals surface area (Å²) in [4.78, 5) is 22.7. The number of carbonyl (C=O) groups is 1. The second-order valence-corrected chi connectivity index (χ2v) is 8.05. The number of benzene rings is 1. The van der Waals surface area contributed by atoms with E-state index in [1.54, 1.807) is 12.1 Å². The van der Waals surface area contributed by atoms with Gasteiger partial charge in [0.25, 0.3) is 0 Å². The molecule has 1 N–H and O–H groups in total. The average molecular weight is 409 g/mol. The van der Waals surface area contributed by atoms with Gasteiger partial charge < -0.3 is 14.5 Å². The highest BCUT2D eigenvalue weighted by atomic mass is 32.2. The van der Waals surface area contributed by atoms with E-state index in [0.717, 1.165) is 10.4 Å². The standard InChI is InChI=1S/C17H19N3O7S/c1-26-16-7-6-13(10-15(16)20(22)23)28(24,25)19-8-2-5-14(19)17(21)18-11-12-4-3-9-27-12/h3-4,6-7,9-10,14H,2,5,8,11H2,1H3,(H,18,21). The quantitative estimate of drug-likeness (QED) is 0.543. The highest BCUT2D eigenvalue weighted by molar-refractivity contribution is 7.89. The molecular weight excluding hydrogens is 390 g/mol. The third kappa shape index (κ3) is 3.85. The Labute approximate surface area is 161 Å². The normalized spacial score (nSPS) is 17.4. The molecule has 1 unspecified atom stereocenters. The molecule has 3 rings (SSSR count). The van der Waals surface area contributed by atoms with E-state index in [9.17, 15) is 23.3 Å². The lowest BCUT2D eigenvalue weighted by atomic mass is 10.2. The molecule has 11 heteroatoms. The van der Waals surface area contributed by atoms with Crippen molar-refractivity contribution in [3.05, 3.63) is 52.5 Å². The Morgan fingerprint density at radius 3 is 2.86 bits per heavy atom. The van der Waals surface area contributed by atoms with Gasteiger partial charge in [-0.15, -0.1) is 0 Å². The van der Waals surface area contributed by atoms with Crippen LogP contribution in [0.4, 0.5) is 5.69 Å². The number of nitro benzene ring substituents is 1. The van der Waals surface area contributed by atoms with Gasteiger partial charge >= 0.3 is 5.69 Å². The van der Waals surface area contributed by atoms with Crippen LogP contribution in [0, 0.1) is 10.1 Å². The van der Waals surface area contributed by atoms with Gasteiger partial charge in [-0.05, 0) is 37.1 Å². The molecule has 10 nitrogen and oxygen atoms in total. The van der Waals surface area contributed by atoms with Gasteiger partial charge in [0, 0.05) is 12.6 Å². The highest BCUT2D eigenvalue weighted by Crippen LogP contribution is 2.33. The number of methoxy groups -OCH3 is 1. The Hall–Kier alpha value is -2.92. The lowest BCUT2D eigenvalue weighted by Gasteiger charge is -2.23. The summed E-state index contributed by atoms with van der Waals surface area (Å²) in [5, 5.41) is 13.9. The first-order valence-electron chi connectivity index (χ1n) is 8.49. The van der Waals surface area contributed by atoms with Crippen LogP contribution in [0.25, 0.3) is 0 Å². The first kappa shape index (κ1) is 19.8. The fourth-order valence-electron chi connectivity index (χ4n) is 3.10. The van der Waals surface area contributed by atoms with E-state index in [0.29, 0.717) is 18.6 Å². The maximum Gasteiger partial charge on any atom is 0.312 e. The molecule has 1 saturated heterocycles. The zero-order chi connectivity index (χ0) is 20.3. The summed E-state index contributed by atoms with van der Waals surface area (Å²) in [5.74, 6) is 0.0603. The van der Waals surface area contributed by atoms with E-state index >= 15 is 0 Å². The van der Waals surface area contributed by atoms with Crippen LogP contribution >= 0.6 is 0 Å². The Morgan fingerprint density at radius 1 is 1.43 bits per heavy atom. The Morgan fingerprint density at radius 2 is 2.21 bits per heavy atom. The van der Waals surface area contributed by atoms with Gasteiger partial charge in [0.2, 0.25) is 15.9 Å². The molecular formula is C17H19N3O7S. The van der Waals surface area contributed by atoms with Crippen molar-refractivity contribution in [3.63, 3.8) is 0 Å². The van der Waals surface area contributed by atoms with Gasteiger partial charge in [0.1, 0.15) is 11.8 Å². The molecule has 0 spiro atoms. The van der Waals surface area contributed by atoms with E-state index in [4.69, 9.17) is 9.15 Å². The minimum atomic E-state index is -4.10. The molecule has 1 aliphatic rings. The number of carbonyl (C=O) groups excluding carboxylic acids is 1. The smallest absolute Gasteiger partial charge is 0.312 e. The SMILES string of the molecule is COc1ccc(S(=O)(=O)N2CCCC2C(=O)NCc2ccco2)cc1[N+](=O)[O-]. The van der Waals surface area contributed by atoms with Gasteiger partial charge in [-0.1, -0.05) is 0 Å². The van der Waals surface area contributed by atoms with E-state index < -0.39 is 32.6 Å². The molecule has 1 fully saturated rings. The predicted molar refractivity (Wildman–Crippen MR) is 97.1 cm³/mol. The summed E-state index contributed by atoms with van der Waals surface area (Å²) < 4.78 is 37.2. The van der Waals surface area contributed by atoms with Gasteiger partial charge in [0.05, 0.1) is 29.7 Å². The molecule has 0 radical (unpaired) electrons. The minimum Gasteiger partial charge on any atom is -0.490 e. The maximum absolute atomic E-state index is 13.0. The van der Waals surface area contributed by atoms with E-state index in [2.05, 4.69) is 5.32 Å². The molecule has 1 atom stereocenters. The lowest BCUT2D eigenvalue weighted by molar-refractivity contribution is -0.386. The first-order chi connectivity index (χ1) is 13.3. The van der Waals surface area contributed by atoms with Crippen molar-refractivity contribution in [1.82, 2.24) is 9.62 Å². The molecule has 0 bridgehead atoms. The number of nitrogens with one attached hydrogen (secondary N) is 1. The molecule has 0 saturated carbocycles. The molecule has 28 heavy (non-hydrogen) atoms. The van der Waals surface area contributed by atoms with Crippen molar-refractivity contribution in [2.24, 2.45) is 0 Å². The van der Waals surface area contributed by atoms with Gasteiger partial charge in [0.15, 0.2) is 5.75 Å². The number of furan rings is 1. The number of ether oxygens (including phenoxy) is 1. The van der Waals surface area contributed by atoms with Crippen molar-refractivity contribution < 1.29 is 27.3 Å². The molecule has 1 aromatic carbocycles. The van der Waals surface area contributed by atoms with Crippen molar-refractivity contribution in [3.8, 4) is 5.75 Å². The predicted octanol–water partition coefficient (Wildman–Crippen LogP) is 1.67. The van der Waals surface area contributed by atoms with Gasteiger partial charge in [-0.25, -0.2) is 8.42 Å². The highest BCUT2D eigenvalue weighted by Gasteiger charge is 2.40. The molecule has 1 aliphatic heterocycles. The van der Waals surface area contributed by atoms with Crippen molar-refractivity contribution in [2.75, 3.05) is 13.7 Å². The van der Waals surface area contributed by atoms with Crippen LogP contribution in [0.5, 0.6) is 5.75 Å². The second kappa shape index (κ2) is 7.98. The molecule has 0 aliphatic carbocycles. The molecule has 1 amide bonds. The zero-order valence-corrected chi connectivity index (χ0v) is 15.8. The number of sulfonamides is 1. The molecule has 1 aromatic heterocycles. The van der Waals surface area contributed by atoms with Crippen LogP contribution in [0.1, 0.15) is 18.6 Å². The van der Waals surface area contributed by atoms with E-state index in [1.165, 1.54) is 25.5 Å². The zero-order valence-electron chi connectivity index (χ0n) is 15.0. The number of hydrogen-bond donors (Lipinski definition) is 1. The minimum absolute atomic E-state index is 0.0434. The summed E-state index contributed by atoms with van der Waals surface area (Å²) in [7, 11) is -2.84. The Bertz CT molecular complexity index is 973. The molecule has 2 heterocycles. The topological polar surface area (TPSA) is 132 Å². The van der Waals surface area contributed by atoms with Crippen LogP contribution in [0.15, 0.2) is 45.9 Å². The van der Waals surface area contributed by atoms with E-state index in [1.807, 2.05) is 0 Å². The number of rotatable bonds is 7. The van der Waals surface area contributed by atoms with Crippen LogP contribution in [0.3, 0.4) is 0 Å². The van der Waals surface area contributed by atoms with Crippen LogP contribution in [-0.2, 0) is 21.4 Å². The largest absolute Gasteiger partial charge is 0.490 e. The van der Waals surface area contributed by atoms with Crippen molar-refractivity contribution in [1.29, 1.82) is 0 Å². The third-order valence-corrected chi connectivity index (χ3v) is 6.38. The Kier molecular flexibility index (Phi) is 5.66. The first-order valence-corrected chi connectivity index (χ1v) is 9.93. The van der Waals surface area contributed by atoms with Crippen LogP contribution in [0.2, 0.25) is 0 Å².